The van der Waals surface area contributed by atoms with Gasteiger partial charge in [0.2, 0.25) is 0 Å². The summed E-state index contributed by atoms with van der Waals surface area (Å²) in [5, 5.41) is 2.14. The first-order valence-corrected chi connectivity index (χ1v) is 7.11. The summed E-state index contributed by atoms with van der Waals surface area (Å²) in [5.74, 6) is 0. The second kappa shape index (κ2) is 5.96. The zero-order chi connectivity index (χ0) is 12.1. The fourth-order valence-electron chi connectivity index (χ4n) is 2.53. The maximum Gasteiger partial charge on any atom is 0.0472 e. The first-order chi connectivity index (χ1) is 8.24. The van der Waals surface area contributed by atoms with Crippen LogP contribution >= 0.6 is 11.3 Å². The van der Waals surface area contributed by atoms with E-state index in [9.17, 15) is 0 Å². The number of hydrogen-bond acceptors (Lipinski definition) is 4. The average molecular weight is 254 g/mol. The predicted octanol–water partition coefficient (Wildman–Crippen LogP) is 1.94. The van der Waals surface area contributed by atoms with Crippen LogP contribution in [0, 0.1) is 5.41 Å². The Labute approximate surface area is 108 Å². The quantitative estimate of drug-likeness (QED) is 0.872. The van der Waals surface area contributed by atoms with Gasteiger partial charge in [-0.25, -0.2) is 0 Å². The van der Waals surface area contributed by atoms with E-state index in [1.807, 2.05) is 11.3 Å². The summed E-state index contributed by atoms with van der Waals surface area (Å²) in [6.45, 7) is 4.60. The van der Waals surface area contributed by atoms with E-state index in [0.29, 0.717) is 0 Å². The fourth-order valence-corrected chi connectivity index (χ4v) is 3.31. The highest BCUT2D eigenvalue weighted by atomic mass is 32.1. The minimum absolute atomic E-state index is 0.268. The van der Waals surface area contributed by atoms with E-state index >= 15 is 0 Å². The Hall–Kier alpha value is -0.420. The summed E-state index contributed by atoms with van der Waals surface area (Å²) in [5.41, 5.74) is 6.25. The normalized spacial score (nSPS) is 19.7. The monoisotopic (exact) mass is 254 g/mol. The Kier molecular flexibility index (Phi) is 4.56. The lowest BCUT2D eigenvalue weighted by molar-refractivity contribution is 0.00280. The zero-order valence-electron chi connectivity index (χ0n) is 10.5. The van der Waals surface area contributed by atoms with Gasteiger partial charge < -0.3 is 15.4 Å². The molecule has 1 aromatic rings. The lowest BCUT2D eigenvalue weighted by Crippen LogP contribution is -2.44. The molecule has 2 heterocycles. The smallest absolute Gasteiger partial charge is 0.0472 e. The van der Waals surface area contributed by atoms with E-state index in [1.165, 1.54) is 4.88 Å². The Bertz CT molecular complexity index is 320. The van der Waals surface area contributed by atoms with Crippen molar-refractivity contribution >= 4 is 11.3 Å². The van der Waals surface area contributed by atoms with Gasteiger partial charge in [-0.1, -0.05) is 6.07 Å². The molecule has 2 N–H and O–H groups in total. The molecule has 0 atom stereocenters. The lowest BCUT2D eigenvalue weighted by atomic mass is 9.80. The van der Waals surface area contributed by atoms with Crippen molar-refractivity contribution in [1.29, 1.82) is 0 Å². The van der Waals surface area contributed by atoms with Crippen LogP contribution in [0.3, 0.4) is 0 Å². The van der Waals surface area contributed by atoms with Gasteiger partial charge in [0.25, 0.3) is 0 Å². The summed E-state index contributed by atoms with van der Waals surface area (Å²) >= 11 is 1.82. The van der Waals surface area contributed by atoms with Crippen LogP contribution in [0.4, 0.5) is 0 Å². The third kappa shape index (κ3) is 3.52. The Morgan fingerprint density at radius 1 is 1.47 bits per heavy atom. The van der Waals surface area contributed by atoms with E-state index in [1.54, 1.807) is 0 Å². The molecular weight excluding hydrogens is 232 g/mol. The van der Waals surface area contributed by atoms with E-state index in [-0.39, 0.29) is 5.41 Å². The molecule has 4 heteroatoms. The predicted molar refractivity (Wildman–Crippen MR) is 72.2 cm³/mol. The topological polar surface area (TPSA) is 38.5 Å². The zero-order valence-corrected chi connectivity index (χ0v) is 11.3. The Balaban J connectivity index is 1.89. The highest BCUT2D eigenvalue weighted by Crippen LogP contribution is 2.30. The van der Waals surface area contributed by atoms with E-state index < -0.39 is 0 Å². The summed E-state index contributed by atoms with van der Waals surface area (Å²) in [6.07, 6.45) is 2.19. The molecule has 0 aromatic carbocycles. The molecule has 0 unspecified atom stereocenters. The van der Waals surface area contributed by atoms with Gasteiger partial charge in [-0.05, 0) is 43.3 Å². The van der Waals surface area contributed by atoms with Crippen LogP contribution in [0.1, 0.15) is 17.7 Å². The molecule has 0 bridgehead atoms. The SMILES string of the molecule is CN(Cc1cccs1)CC1(CN)CCOCC1. The summed E-state index contributed by atoms with van der Waals surface area (Å²) in [7, 11) is 2.19. The number of hydrogen-bond donors (Lipinski definition) is 1. The van der Waals surface area contributed by atoms with Crippen molar-refractivity contribution in [3.8, 4) is 0 Å². The van der Waals surface area contributed by atoms with E-state index in [0.717, 1.165) is 45.7 Å². The average Bonchev–Trinajstić information content (AvgIpc) is 2.83. The van der Waals surface area contributed by atoms with Crippen LogP contribution < -0.4 is 5.73 Å². The molecular formula is C13H22N2OS. The molecule has 3 nitrogen and oxygen atoms in total. The first kappa shape index (κ1) is 13.0. The molecule has 1 aliphatic heterocycles. The van der Waals surface area contributed by atoms with Gasteiger partial charge >= 0.3 is 0 Å². The largest absolute Gasteiger partial charge is 0.381 e. The highest BCUT2D eigenvalue weighted by Gasteiger charge is 2.32. The van der Waals surface area contributed by atoms with Gasteiger partial charge in [-0.2, -0.15) is 0 Å². The minimum Gasteiger partial charge on any atom is -0.381 e. The van der Waals surface area contributed by atoms with Crippen LogP contribution in [0.2, 0.25) is 0 Å². The maximum absolute atomic E-state index is 5.98. The molecule has 1 aliphatic rings. The van der Waals surface area contributed by atoms with E-state index in [4.69, 9.17) is 10.5 Å². The molecule has 0 aliphatic carbocycles. The molecule has 0 saturated carbocycles. The van der Waals surface area contributed by atoms with Crippen LogP contribution in [0.25, 0.3) is 0 Å². The van der Waals surface area contributed by atoms with Crippen LogP contribution in [0.15, 0.2) is 17.5 Å². The van der Waals surface area contributed by atoms with Gasteiger partial charge in [0, 0.05) is 31.2 Å². The van der Waals surface area contributed by atoms with Crippen LogP contribution in [-0.4, -0.2) is 38.3 Å². The lowest BCUT2D eigenvalue weighted by Gasteiger charge is -2.39. The van der Waals surface area contributed by atoms with Gasteiger partial charge in [0.15, 0.2) is 0 Å². The summed E-state index contributed by atoms with van der Waals surface area (Å²) in [6, 6.07) is 4.31. The Morgan fingerprint density at radius 3 is 2.82 bits per heavy atom. The second-order valence-corrected chi connectivity index (χ2v) is 6.10. The third-order valence-corrected chi connectivity index (χ3v) is 4.46. The van der Waals surface area contributed by atoms with Crippen LogP contribution in [0.5, 0.6) is 0 Å². The van der Waals surface area contributed by atoms with Crippen molar-refractivity contribution < 1.29 is 4.74 Å². The van der Waals surface area contributed by atoms with Crippen molar-refractivity contribution in [2.24, 2.45) is 11.1 Å². The Morgan fingerprint density at radius 2 is 2.24 bits per heavy atom. The standard InChI is InChI=1S/C13H22N2OS/c1-15(9-12-3-2-8-17-12)11-13(10-14)4-6-16-7-5-13/h2-3,8H,4-7,9-11,14H2,1H3. The molecule has 0 radical (unpaired) electrons. The number of rotatable bonds is 5. The van der Waals surface area contributed by atoms with Crippen molar-refractivity contribution in [3.63, 3.8) is 0 Å². The van der Waals surface area contributed by atoms with Gasteiger partial charge in [-0.3, -0.25) is 0 Å². The fraction of sp³-hybridized carbons (Fsp3) is 0.692. The minimum atomic E-state index is 0.268. The number of thiophene rings is 1. The molecule has 1 aromatic heterocycles. The number of ether oxygens (including phenoxy) is 1. The highest BCUT2D eigenvalue weighted by molar-refractivity contribution is 7.09. The molecule has 1 fully saturated rings. The number of nitrogens with two attached hydrogens (primary N) is 1. The van der Waals surface area contributed by atoms with Gasteiger partial charge in [0.1, 0.15) is 0 Å². The maximum atomic E-state index is 5.98. The second-order valence-electron chi connectivity index (χ2n) is 5.07. The van der Waals surface area contributed by atoms with Crippen LogP contribution in [-0.2, 0) is 11.3 Å². The van der Waals surface area contributed by atoms with Crippen molar-refractivity contribution in [2.45, 2.75) is 19.4 Å². The molecule has 0 amide bonds. The molecule has 2 rings (SSSR count). The van der Waals surface area contributed by atoms with Crippen molar-refractivity contribution in [3.05, 3.63) is 22.4 Å². The molecule has 17 heavy (non-hydrogen) atoms. The first-order valence-electron chi connectivity index (χ1n) is 6.23. The third-order valence-electron chi connectivity index (χ3n) is 3.60. The summed E-state index contributed by atoms with van der Waals surface area (Å²) < 4.78 is 5.44. The summed E-state index contributed by atoms with van der Waals surface area (Å²) in [4.78, 5) is 3.82. The van der Waals surface area contributed by atoms with Gasteiger partial charge in [-0.15, -0.1) is 11.3 Å². The number of nitrogens with zero attached hydrogens (tertiary/aromatic N) is 1. The van der Waals surface area contributed by atoms with Crippen molar-refractivity contribution in [2.75, 3.05) is 33.4 Å². The molecule has 0 spiro atoms. The van der Waals surface area contributed by atoms with E-state index in [2.05, 4.69) is 29.5 Å². The molecule has 96 valence electrons. The molecule has 1 saturated heterocycles. The van der Waals surface area contributed by atoms with Crippen molar-refractivity contribution in [1.82, 2.24) is 4.90 Å². The van der Waals surface area contributed by atoms with Gasteiger partial charge in [0.05, 0.1) is 0 Å².